The van der Waals surface area contributed by atoms with Gasteiger partial charge in [0, 0.05) is 6.07 Å². The highest BCUT2D eigenvalue weighted by Crippen LogP contribution is 1.92. The molecule has 16 heavy (non-hydrogen) atoms. The molecule has 1 aliphatic heterocycles. The van der Waals surface area contributed by atoms with Gasteiger partial charge in [0.15, 0.2) is 6.04 Å². The van der Waals surface area contributed by atoms with Gasteiger partial charge in [0.2, 0.25) is 5.56 Å². The van der Waals surface area contributed by atoms with Gasteiger partial charge in [-0.2, -0.15) is 0 Å². The molecule has 1 saturated heterocycles. The summed E-state index contributed by atoms with van der Waals surface area (Å²) in [7, 11) is 0. The highest BCUT2D eigenvalue weighted by Gasteiger charge is 2.27. The highest BCUT2D eigenvalue weighted by molar-refractivity contribution is 6.05. The predicted molar refractivity (Wildman–Crippen MR) is 54.4 cm³/mol. The standard InChI is InChI=1S/C10H7N3O3/c14-8-3-1-2-6(11-8)4-5-7-9(15)13-10(16)12-7/h1-3,7H,(H,11,14)(H2,12,13,15,16)/t7-/m0/s1. The van der Waals surface area contributed by atoms with Crippen molar-refractivity contribution in [3.8, 4) is 11.8 Å². The first kappa shape index (κ1) is 9.98. The van der Waals surface area contributed by atoms with Gasteiger partial charge in [-0.05, 0) is 12.0 Å². The molecule has 0 saturated carbocycles. The number of urea groups is 1. The van der Waals surface area contributed by atoms with Crippen LogP contribution in [0.3, 0.4) is 0 Å². The summed E-state index contributed by atoms with van der Waals surface area (Å²) in [6.45, 7) is 0. The molecule has 1 atom stereocenters. The summed E-state index contributed by atoms with van der Waals surface area (Å²) in [5.41, 5.74) is 0.119. The van der Waals surface area contributed by atoms with E-state index in [-0.39, 0.29) is 5.56 Å². The highest BCUT2D eigenvalue weighted by atomic mass is 16.2. The summed E-state index contributed by atoms with van der Waals surface area (Å²) in [6.07, 6.45) is 0. The van der Waals surface area contributed by atoms with Crippen molar-refractivity contribution in [2.24, 2.45) is 0 Å². The van der Waals surface area contributed by atoms with Crippen LogP contribution in [0.15, 0.2) is 23.0 Å². The van der Waals surface area contributed by atoms with Crippen molar-refractivity contribution in [1.29, 1.82) is 0 Å². The minimum absolute atomic E-state index is 0.272. The Labute approximate surface area is 90.1 Å². The fourth-order valence-electron chi connectivity index (χ4n) is 1.19. The van der Waals surface area contributed by atoms with E-state index in [1.165, 1.54) is 6.07 Å². The number of hydrogen-bond acceptors (Lipinski definition) is 3. The molecule has 1 aromatic rings. The van der Waals surface area contributed by atoms with Crippen molar-refractivity contribution in [3.05, 3.63) is 34.2 Å². The SMILES string of the molecule is O=C1NC(=O)[C@H](C#Cc2cccc(=O)[nH]2)N1. The Bertz CT molecular complexity index is 564. The Morgan fingerprint density at radius 3 is 2.62 bits per heavy atom. The first-order valence-electron chi connectivity index (χ1n) is 4.47. The third-order valence-electron chi connectivity index (χ3n) is 1.89. The Morgan fingerprint density at radius 2 is 2.00 bits per heavy atom. The molecule has 0 spiro atoms. The normalized spacial score (nSPS) is 18.4. The van der Waals surface area contributed by atoms with Crippen LogP contribution in [-0.4, -0.2) is 23.0 Å². The number of nitrogens with one attached hydrogen (secondary N) is 3. The third-order valence-corrected chi connectivity index (χ3v) is 1.89. The van der Waals surface area contributed by atoms with Crippen LogP contribution in [0.5, 0.6) is 0 Å². The van der Waals surface area contributed by atoms with Gasteiger partial charge in [0.25, 0.3) is 5.91 Å². The van der Waals surface area contributed by atoms with Crippen LogP contribution in [0.25, 0.3) is 0 Å². The zero-order valence-corrected chi connectivity index (χ0v) is 8.03. The summed E-state index contributed by atoms with van der Waals surface area (Å²) in [6, 6.07) is 3.08. The molecule has 1 aliphatic rings. The zero-order chi connectivity index (χ0) is 11.5. The average molecular weight is 217 g/mol. The number of carbonyl (C=O) groups excluding carboxylic acids is 2. The third kappa shape index (κ3) is 2.09. The summed E-state index contributed by atoms with van der Waals surface area (Å²) < 4.78 is 0. The summed E-state index contributed by atoms with van der Waals surface area (Å²) >= 11 is 0. The van der Waals surface area contributed by atoms with Crippen molar-refractivity contribution >= 4 is 11.9 Å². The first-order valence-corrected chi connectivity index (χ1v) is 4.47. The van der Waals surface area contributed by atoms with E-state index in [2.05, 4.69) is 27.5 Å². The fourth-order valence-corrected chi connectivity index (χ4v) is 1.19. The average Bonchev–Trinajstić information content (AvgIpc) is 2.54. The number of pyridine rings is 1. The van der Waals surface area contributed by atoms with Gasteiger partial charge in [-0.1, -0.05) is 12.0 Å². The van der Waals surface area contributed by atoms with E-state index >= 15 is 0 Å². The van der Waals surface area contributed by atoms with Crippen molar-refractivity contribution in [2.45, 2.75) is 6.04 Å². The summed E-state index contributed by atoms with van der Waals surface area (Å²) in [5.74, 6) is 4.65. The van der Waals surface area contributed by atoms with Gasteiger partial charge in [-0.15, -0.1) is 0 Å². The molecule has 2 rings (SSSR count). The second kappa shape index (κ2) is 3.90. The molecule has 3 N–H and O–H groups in total. The Kier molecular flexibility index (Phi) is 2.44. The molecule has 2 heterocycles. The largest absolute Gasteiger partial charge is 0.322 e. The first-order chi connectivity index (χ1) is 7.65. The molecule has 0 radical (unpaired) electrons. The number of aromatic amines is 1. The molecule has 0 unspecified atom stereocenters. The van der Waals surface area contributed by atoms with E-state index in [0.29, 0.717) is 5.69 Å². The van der Waals surface area contributed by atoms with Gasteiger partial charge in [-0.3, -0.25) is 14.9 Å². The minimum Gasteiger partial charge on any atom is -0.316 e. The second-order valence-electron chi connectivity index (χ2n) is 3.09. The van der Waals surface area contributed by atoms with Crippen LogP contribution >= 0.6 is 0 Å². The van der Waals surface area contributed by atoms with E-state index < -0.39 is 18.0 Å². The fraction of sp³-hybridized carbons (Fsp3) is 0.100. The van der Waals surface area contributed by atoms with Crippen LogP contribution < -0.4 is 16.2 Å². The van der Waals surface area contributed by atoms with Crippen LogP contribution in [0.4, 0.5) is 4.79 Å². The second-order valence-corrected chi connectivity index (χ2v) is 3.09. The maximum absolute atomic E-state index is 11.1. The van der Waals surface area contributed by atoms with E-state index in [1.807, 2.05) is 0 Å². The van der Waals surface area contributed by atoms with Crippen molar-refractivity contribution in [3.63, 3.8) is 0 Å². The summed E-state index contributed by atoms with van der Waals surface area (Å²) in [5, 5.41) is 4.37. The number of H-pyrrole nitrogens is 1. The molecule has 1 fully saturated rings. The van der Waals surface area contributed by atoms with E-state index in [4.69, 9.17) is 0 Å². The Balaban J connectivity index is 2.19. The minimum atomic E-state index is -0.865. The molecular weight excluding hydrogens is 210 g/mol. The van der Waals surface area contributed by atoms with Crippen LogP contribution in [0.1, 0.15) is 5.69 Å². The topological polar surface area (TPSA) is 91.1 Å². The Morgan fingerprint density at radius 1 is 1.19 bits per heavy atom. The van der Waals surface area contributed by atoms with Crippen molar-refractivity contribution < 1.29 is 9.59 Å². The molecule has 3 amide bonds. The lowest BCUT2D eigenvalue weighted by molar-refractivity contribution is -0.119. The molecular formula is C10H7N3O3. The van der Waals surface area contributed by atoms with Crippen LogP contribution in [-0.2, 0) is 4.79 Å². The number of rotatable bonds is 0. The maximum Gasteiger partial charge on any atom is 0.322 e. The summed E-state index contributed by atoms with van der Waals surface area (Å²) in [4.78, 5) is 35.3. The van der Waals surface area contributed by atoms with Gasteiger partial charge in [0.05, 0.1) is 5.69 Å². The molecule has 80 valence electrons. The molecule has 0 bridgehead atoms. The van der Waals surface area contributed by atoms with Gasteiger partial charge < -0.3 is 10.3 Å². The smallest absolute Gasteiger partial charge is 0.316 e. The number of imide groups is 1. The monoisotopic (exact) mass is 217 g/mol. The quantitative estimate of drug-likeness (QED) is 0.382. The van der Waals surface area contributed by atoms with E-state index in [0.717, 1.165) is 0 Å². The molecule has 1 aromatic heterocycles. The predicted octanol–water partition coefficient (Wildman–Crippen LogP) is -1.07. The molecule has 6 heteroatoms. The molecule has 0 aliphatic carbocycles. The Hall–Kier alpha value is -2.55. The maximum atomic E-state index is 11.1. The van der Waals surface area contributed by atoms with E-state index in [1.54, 1.807) is 12.1 Å². The lowest BCUT2D eigenvalue weighted by atomic mass is 10.3. The molecule has 0 aromatic carbocycles. The number of carbonyl (C=O) groups is 2. The van der Waals surface area contributed by atoms with Gasteiger partial charge >= 0.3 is 6.03 Å². The molecule has 6 nitrogen and oxygen atoms in total. The van der Waals surface area contributed by atoms with Crippen LogP contribution in [0.2, 0.25) is 0 Å². The van der Waals surface area contributed by atoms with E-state index in [9.17, 15) is 14.4 Å². The lowest BCUT2D eigenvalue weighted by Gasteiger charge is -1.94. The van der Waals surface area contributed by atoms with Crippen LogP contribution in [0, 0.1) is 11.8 Å². The van der Waals surface area contributed by atoms with Gasteiger partial charge in [0.1, 0.15) is 0 Å². The zero-order valence-electron chi connectivity index (χ0n) is 8.03. The number of aromatic nitrogens is 1. The number of hydrogen-bond donors (Lipinski definition) is 3. The van der Waals surface area contributed by atoms with Crippen molar-refractivity contribution in [2.75, 3.05) is 0 Å². The van der Waals surface area contributed by atoms with Crippen molar-refractivity contribution in [1.82, 2.24) is 15.6 Å². The number of amides is 3. The van der Waals surface area contributed by atoms with Gasteiger partial charge in [-0.25, -0.2) is 4.79 Å². The lowest BCUT2D eigenvalue weighted by Crippen LogP contribution is -2.26.